The molecular weight excluding hydrogens is 383 g/mol. The molecule has 0 saturated heterocycles. The van der Waals surface area contributed by atoms with Gasteiger partial charge in [-0.3, -0.25) is 9.59 Å². The van der Waals surface area contributed by atoms with Crippen LogP contribution in [-0.2, 0) is 25.8 Å². The predicted octanol–water partition coefficient (Wildman–Crippen LogP) is 2.70. The van der Waals surface area contributed by atoms with Gasteiger partial charge in [0, 0.05) is 19.7 Å². The van der Waals surface area contributed by atoms with E-state index in [2.05, 4.69) is 5.32 Å². The second-order valence-corrected chi connectivity index (χ2v) is 8.86. The highest BCUT2D eigenvalue weighted by Gasteiger charge is 2.30. The molecule has 28 heavy (non-hydrogen) atoms. The Hall–Kier alpha value is -2.74. The van der Waals surface area contributed by atoms with Crippen LogP contribution in [0.2, 0.25) is 0 Å². The van der Waals surface area contributed by atoms with Crippen LogP contribution in [-0.4, -0.2) is 37.9 Å². The number of carbonyl (C=O) groups excluding carboxylic acids is 2. The summed E-state index contributed by atoms with van der Waals surface area (Å²) in [5.41, 5.74) is 1.76. The Morgan fingerprint density at radius 3 is 2.61 bits per heavy atom. The Morgan fingerprint density at radius 2 is 1.93 bits per heavy atom. The van der Waals surface area contributed by atoms with E-state index < -0.39 is 27.6 Å². The third kappa shape index (κ3) is 4.22. The minimum absolute atomic E-state index is 0.0564. The summed E-state index contributed by atoms with van der Waals surface area (Å²) in [7, 11) is -3.54. The van der Waals surface area contributed by atoms with Crippen LogP contribution in [0.25, 0.3) is 0 Å². The molecule has 1 unspecified atom stereocenters. The zero-order valence-electron chi connectivity index (χ0n) is 15.6. The first-order chi connectivity index (χ1) is 13.2. The minimum atomic E-state index is -3.54. The van der Waals surface area contributed by atoms with Crippen LogP contribution in [0.4, 0.5) is 10.1 Å². The molecule has 1 aliphatic heterocycles. The maximum absolute atomic E-state index is 14.1. The molecule has 1 aliphatic rings. The van der Waals surface area contributed by atoms with Crippen molar-refractivity contribution in [3.63, 3.8) is 0 Å². The molecule has 0 spiro atoms. The van der Waals surface area contributed by atoms with E-state index in [0.29, 0.717) is 13.0 Å². The van der Waals surface area contributed by atoms with Crippen molar-refractivity contribution in [3.05, 3.63) is 59.4 Å². The van der Waals surface area contributed by atoms with Crippen LogP contribution < -0.4 is 5.32 Å². The summed E-state index contributed by atoms with van der Waals surface area (Å²) in [6.45, 7) is 1.95. The van der Waals surface area contributed by atoms with Gasteiger partial charge in [-0.15, -0.1) is 0 Å². The molecule has 2 aromatic rings. The zero-order valence-corrected chi connectivity index (χ0v) is 16.4. The second-order valence-electron chi connectivity index (χ2n) is 6.84. The van der Waals surface area contributed by atoms with Gasteiger partial charge in [0.15, 0.2) is 9.84 Å². The second kappa shape index (κ2) is 7.71. The third-order valence-electron chi connectivity index (χ3n) is 4.84. The van der Waals surface area contributed by atoms with Gasteiger partial charge in [-0.05, 0) is 35.7 Å². The number of hydrogen-bond acceptors (Lipinski definition) is 4. The number of halogens is 1. The molecule has 148 valence electrons. The van der Waals surface area contributed by atoms with E-state index in [1.54, 1.807) is 4.90 Å². The molecule has 2 amide bonds. The van der Waals surface area contributed by atoms with Gasteiger partial charge in [0.25, 0.3) is 0 Å². The van der Waals surface area contributed by atoms with Crippen LogP contribution in [0.15, 0.2) is 47.4 Å². The summed E-state index contributed by atoms with van der Waals surface area (Å²) >= 11 is 0. The largest absolute Gasteiger partial charge is 0.335 e. The molecule has 0 fully saturated rings. The van der Waals surface area contributed by atoms with Gasteiger partial charge in [0.2, 0.25) is 11.8 Å². The predicted molar refractivity (Wildman–Crippen MR) is 103 cm³/mol. The maximum atomic E-state index is 14.1. The Kier molecular flexibility index (Phi) is 5.51. The first-order valence-corrected chi connectivity index (χ1v) is 10.7. The molecule has 1 atom stereocenters. The summed E-state index contributed by atoms with van der Waals surface area (Å²) in [5.74, 6) is -1.37. The summed E-state index contributed by atoms with van der Waals surface area (Å²) in [6.07, 6.45) is 1.66. The van der Waals surface area contributed by atoms with Crippen LogP contribution in [0.5, 0.6) is 0 Å². The van der Waals surface area contributed by atoms with Gasteiger partial charge >= 0.3 is 0 Å². The highest BCUT2D eigenvalue weighted by molar-refractivity contribution is 7.90. The lowest BCUT2D eigenvalue weighted by Crippen LogP contribution is -2.40. The Morgan fingerprint density at radius 1 is 1.21 bits per heavy atom. The van der Waals surface area contributed by atoms with E-state index in [4.69, 9.17) is 0 Å². The molecular formula is C20H21FN2O4S. The molecule has 0 aromatic heterocycles. The molecule has 0 radical (unpaired) electrons. The molecule has 1 heterocycles. The van der Waals surface area contributed by atoms with Crippen LogP contribution in [0.1, 0.15) is 30.5 Å². The van der Waals surface area contributed by atoms with Crippen LogP contribution >= 0.6 is 0 Å². The number of amides is 2. The smallest absolute Gasteiger partial charge is 0.226 e. The quantitative estimate of drug-likeness (QED) is 0.795. The minimum Gasteiger partial charge on any atom is -0.335 e. The van der Waals surface area contributed by atoms with Crippen molar-refractivity contribution in [2.45, 2.75) is 30.7 Å². The fourth-order valence-corrected chi connectivity index (χ4v) is 4.10. The van der Waals surface area contributed by atoms with Crippen molar-refractivity contribution >= 4 is 27.3 Å². The Labute approximate surface area is 163 Å². The van der Waals surface area contributed by atoms with Crippen LogP contribution in [0, 0.1) is 5.82 Å². The lowest BCUT2D eigenvalue weighted by atomic mass is 9.90. The number of hydrogen-bond donors (Lipinski definition) is 1. The number of carbonyl (C=O) groups is 2. The summed E-state index contributed by atoms with van der Waals surface area (Å²) in [6, 6.07) is 10.4. The summed E-state index contributed by atoms with van der Waals surface area (Å²) in [4.78, 5) is 26.2. The van der Waals surface area contributed by atoms with Gasteiger partial charge in [-0.1, -0.05) is 24.3 Å². The van der Waals surface area contributed by atoms with Crippen LogP contribution in [0.3, 0.4) is 0 Å². The van der Waals surface area contributed by atoms with E-state index in [1.807, 2.05) is 24.3 Å². The van der Waals surface area contributed by atoms with Gasteiger partial charge in [0.1, 0.15) is 5.82 Å². The highest BCUT2D eigenvalue weighted by atomic mass is 32.2. The average Bonchev–Trinajstić information content (AvgIpc) is 2.62. The van der Waals surface area contributed by atoms with Crippen molar-refractivity contribution in [2.24, 2.45) is 0 Å². The van der Waals surface area contributed by atoms with E-state index in [0.717, 1.165) is 35.6 Å². The highest BCUT2D eigenvalue weighted by Crippen LogP contribution is 2.32. The fraction of sp³-hybridized carbons (Fsp3) is 0.300. The number of rotatable bonds is 4. The fourth-order valence-electron chi connectivity index (χ4n) is 3.46. The third-order valence-corrected chi connectivity index (χ3v) is 5.95. The Balaban J connectivity index is 1.85. The first-order valence-electron chi connectivity index (χ1n) is 8.81. The Bertz CT molecular complexity index is 1040. The lowest BCUT2D eigenvalue weighted by Gasteiger charge is -2.36. The first kappa shape index (κ1) is 20.0. The SMILES string of the molecule is CC(=O)N1CCc2ccccc2C1CC(=O)Nc1cc(S(C)(=O)=O)ccc1F. The zero-order chi connectivity index (χ0) is 20.5. The van der Waals surface area contributed by atoms with Crippen molar-refractivity contribution in [2.75, 3.05) is 18.1 Å². The molecule has 8 heteroatoms. The number of sulfone groups is 1. The lowest BCUT2D eigenvalue weighted by molar-refractivity contribution is -0.132. The molecule has 0 bridgehead atoms. The molecule has 0 saturated carbocycles. The van der Waals surface area contributed by atoms with E-state index in [1.165, 1.54) is 6.92 Å². The van der Waals surface area contributed by atoms with Gasteiger partial charge in [-0.2, -0.15) is 0 Å². The number of nitrogens with one attached hydrogen (secondary N) is 1. The van der Waals surface area contributed by atoms with Gasteiger partial charge in [0.05, 0.1) is 23.0 Å². The number of fused-ring (bicyclic) bond motifs is 1. The topological polar surface area (TPSA) is 83.6 Å². The van der Waals surface area contributed by atoms with Gasteiger partial charge < -0.3 is 10.2 Å². The molecule has 3 rings (SSSR count). The van der Waals surface area contributed by atoms with E-state index in [9.17, 15) is 22.4 Å². The molecule has 6 nitrogen and oxygen atoms in total. The number of nitrogens with zero attached hydrogens (tertiary/aromatic N) is 1. The molecule has 2 aromatic carbocycles. The monoisotopic (exact) mass is 404 g/mol. The van der Waals surface area contributed by atoms with Crippen molar-refractivity contribution in [3.8, 4) is 0 Å². The van der Waals surface area contributed by atoms with Crippen molar-refractivity contribution < 1.29 is 22.4 Å². The van der Waals surface area contributed by atoms with Crippen molar-refractivity contribution in [1.82, 2.24) is 4.90 Å². The number of anilines is 1. The number of benzene rings is 2. The van der Waals surface area contributed by atoms with E-state index >= 15 is 0 Å². The molecule has 0 aliphatic carbocycles. The summed E-state index contributed by atoms with van der Waals surface area (Å²) < 4.78 is 37.4. The summed E-state index contributed by atoms with van der Waals surface area (Å²) in [5, 5.41) is 2.44. The standard InChI is InChI=1S/C20H21FN2O4S/c1-13(24)23-10-9-14-5-3-4-6-16(14)19(23)12-20(25)22-18-11-15(28(2,26)27)7-8-17(18)21/h3-8,11,19H,9-10,12H2,1-2H3,(H,22,25). The van der Waals surface area contributed by atoms with Crippen molar-refractivity contribution in [1.29, 1.82) is 0 Å². The maximum Gasteiger partial charge on any atom is 0.226 e. The molecule has 1 N–H and O–H groups in total. The van der Waals surface area contributed by atoms with E-state index in [-0.39, 0.29) is 22.9 Å². The normalized spacial score (nSPS) is 16.4. The average molecular weight is 404 g/mol. The van der Waals surface area contributed by atoms with Gasteiger partial charge in [-0.25, -0.2) is 12.8 Å².